The minimum absolute atomic E-state index is 0.319. The first-order valence-electron chi connectivity index (χ1n) is 5.08. The molecule has 2 rings (SSSR count). The highest BCUT2D eigenvalue weighted by atomic mass is 16.7. The Morgan fingerprint density at radius 1 is 1.40 bits per heavy atom. The zero-order chi connectivity index (χ0) is 10.7. The first-order valence-corrected chi connectivity index (χ1v) is 5.08. The van der Waals surface area contributed by atoms with Crippen molar-refractivity contribution >= 4 is 0 Å². The van der Waals surface area contributed by atoms with E-state index < -0.39 is 0 Å². The lowest BCUT2D eigenvalue weighted by Crippen LogP contribution is -2.05. The van der Waals surface area contributed by atoms with E-state index in [0.29, 0.717) is 13.4 Å². The van der Waals surface area contributed by atoms with E-state index in [1.54, 1.807) is 0 Å². The molecule has 0 unspecified atom stereocenters. The number of ether oxygens (including phenoxy) is 2. The average molecular weight is 209 g/mol. The van der Waals surface area contributed by atoms with Crippen LogP contribution in [0.3, 0.4) is 0 Å². The van der Waals surface area contributed by atoms with Gasteiger partial charge in [-0.05, 0) is 24.5 Å². The van der Waals surface area contributed by atoms with Gasteiger partial charge in [0.05, 0.1) is 6.61 Å². The van der Waals surface area contributed by atoms with Crippen molar-refractivity contribution in [1.29, 1.82) is 0 Å². The summed E-state index contributed by atoms with van der Waals surface area (Å²) >= 11 is 0. The Morgan fingerprint density at radius 2 is 2.27 bits per heavy atom. The molecule has 15 heavy (non-hydrogen) atoms. The molecule has 1 heterocycles. The summed E-state index contributed by atoms with van der Waals surface area (Å²) in [6, 6.07) is 3.98. The van der Waals surface area contributed by atoms with E-state index in [1.807, 2.05) is 12.1 Å². The van der Waals surface area contributed by atoms with E-state index in [2.05, 4.69) is 11.8 Å². The van der Waals surface area contributed by atoms with Crippen LogP contribution in [0, 0.1) is 0 Å². The second-order valence-corrected chi connectivity index (χ2v) is 3.41. The second kappa shape index (κ2) is 4.51. The number of benzene rings is 1. The van der Waals surface area contributed by atoms with Gasteiger partial charge in [-0.25, -0.2) is 5.90 Å². The molecule has 0 aliphatic carbocycles. The van der Waals surface area contributed by atoms with Crippen LogP contribution >= 0.6 is 0 Å². The molecule has 1 aromatic carbocycles. The third kappa shape index (κ3) is 1.91. The summed E-state index contributed by atoms with van der Waals surface area (Å²) in [6.07, 6.45) is 1.72. The maximum atomic E-state index is 5.45. The van der Waals surface area contributed by atoms with E-state index in [1.165, 1.54) is 11.1 Å². The van der Waals surface area contributed by atoms with Gasteiger partial charge < -0.3 is 14.3 Å². The molecule has 1 aromatic rings. The minimum atomic E-state index is 0.319. The van der Waals surface area contributed by atoms with Gasteiger partial charge in [0.2, 0.25) is 6.79 Å². The molecule has 0 fully saturated rings. The Hall–Kier alpha value is -1.26. The number of hydrogen-bond acceptors (Lipinski definition) is 4. The zero-order valence-electron chi connectivity index (χ0n) is 8.79. The molecule has 1 aliphatic rings. The van der Waals surface area contributed by atoms with Crippen molar-refractivity contribution < 1.29 is 14.3 Å². The molecule has 82 valence electrons. The second-order valence-electron chi connectivity index (χ2n) is 3.41. The molecule has 0 radical (unpaired) electrons. The van der Waals surface area contributed by atoms with Gasteiger partial charge in [0.1, 0.15) is 0 Å². The van der Waals surface area contributed by atoms with Crippen molar-refractivity contribution in [3.8, 4) is 11.5 Å². The first-order chi connectivity index (χ1) is 7.36. The van der Waals surface area contributed by atoms with Gasteiger partial charge in [0.15, 0.2) is 11.5 Å². The van der Waals surface area contributed by atoms with Crippen molar-refractivity contribution in [1.82, 2.24) is 0 Å². The van der Waals surface area contributed by atoms with Crippen molar-refractivity contribution in [2.45, 2.75) is 19.8 Å². The normalized spacial score (nSPS) is 13.2. The number of fused-ring (bicyclic) bond motifs is 1. The van der Waals surface area contributed by atoms with Crippen LogP contribution in [0.4, 0.5) is 0 Å². The van der Waals surface area contributed by atoms with Gasteiger partial charge in [-0.2, -0.15) is 0 Å². The smallest absolute Gasteiger partial charge is 0.231 e. The van der Waals surface area contributed by atoms with Crippen molar-refractivity contribution in [3.63, 3.8) is 0 Å². The molecular formula is C11H15NO3. The Bertz CT molecular complexity index is 352. The predicted octanol–water partition coefficient (Wildman–Crippen LogP) is 1.41. The summed E-state index contributed by atoms with van der Waals surface area (Å²) < 4.78 is 10.8. The van der Waals surface area contributed by atoms with Crippen LogP contribution in [0.1, 0.15) is 18.1 Å². The molecule has 0 atom stereocenters. The molecule has 0 aromatic heterocycles. The van der Waals surface area contributed by atoms with E-state index >= 15 is 0 Å². The Labute approximate surface area is 88.9 Å². The third-order valence-corrected chi connectivity index (χ3v) is 2.58. The van der Waals surface area contributed by atoms with E-state index in [9.17, 15) is 0 Å². The van der Waals surface area contributed by atoms with Gasteiger partial charge in [-0.3, -0.25) is 0 Å². The monoisotopic (exact) mass is 209 g/mol. The minimum Gasteiger partial charge on any atom is -0.454 e. The lowest BCUT2D eigenvalue weighted by atomic mass is 10.0. The Kier molecular flexibility index (Phi) is 3.08. The SMILES string of the molecule is CCc1c(CCON)ccc2c1OCO2. The fourth-order valence-corrected chi connectivity index (χ4v) is 1.86. The van der Waals surface area contributed by atoms with Gasteiger partial charge in [0, 0.05) is 5.56 Å². The largest absolute Gasteiger partial charge is 0.454 e. The molecule has 4 heteroatoms. The maximum Gasteiger partial charge on any atom is 0.231 e. The highest BCUT2D eigenvalue weighted by Crippen LogP contribution is 2.37. The Balaban J connectivity index is 2.30. The Morgan fingerprint density at radius 3 is 3.00 bits per heavy atom. The van der Waals surface area contributed by atoms with Crippen molar-refractivity contribution in [3.05, 3.63) is 23.3 Å². The molecular weight excluding hydrogens is 194 g/mol. The molecule has 1 aliphatic heterocycles. The molecule has 4 nitrogen and oxygen atoms in total. The summed E-state index contributed by atoms with van der Waals surface area (Å²) in [5, 5.41) is 0. The van der Waals surface area contributed by atoms with Crippen molar-refractivity contribution in [2.24, 2.45) is 5.90 Å². The topological polar surface area (TPSA) is 53.7 Å². The quantitative estimate of drug-likeness (QED) is 0.762. The third-order valence-electron chi connectivity index (χ3n) is 2.58. The van der Waals surface area contributed by atoms with Crippen molar-refractivity contribution in [2.75, 3.05) is 13.4 Å². The van der Waals surface area contributed by atoms with Gasteiger partial charge in [-0.15, -0.1) is 0 Å². The van der Waals surface area contributed by atoms with Crippen LogP contribution in [-0.2, 0) is 17.7 Å². The number of nitrogens with two attached hydrogens (primary N) is 1. The molecule has 0 spiro atoms. The lowest BCUT2D eigenvalue weighted by Gasteiger charge is -2.10. The summed E-state index contributed by atoms with van der Waals surface area (Å²) in [4.78, 5) is 4.59. The van der Waals surface area contributed by atoms with Crippen LogP contribution < -0.4 is 15.4 Å². The molecule has 2 N–H and O–H groups in total. The van der Waals surface area contributed by atoms with Crippen LogP contribution in [0.25, 0.3) is 0 Å². The first kappa shape index (κ1) is 10.3. The fraction of sp³-hybridized carbons (Fsp3) is 0.455. The van der Waals surface area contributed by atoms with Gasteiger partial charge in [0.25, 0.3) is 0 Å². The van der Waals surface area contributed by atoms with Crippen LogP contribution in [0.5, 0.6) is 11.5 Å². The van der Waals surface area contributed by atoms with Gasteiger partial charge >= 0.3 is 0 Å². The summed E-state index contributed by atoms with van der Waals surface area (Å²) in [5.41, 5.74) is 2.41. The predicted molar refractivity (Wildman–Crippen MR) is 55.8 cm³/mol. The molecule has 0 saturated heterocycles. The molecule has 0 saturated carbocycles. The highest BCUT2D eigenvalue weighted by Gasteiger charge is 2.19. The fourth-order valence-electron chi connectivity index (χ4n) is 1.86. The van der Waals surface area contributed by atoms with Gasteiger partial charge in [-0.1, -0.05) is 13.0 Å². The standard InChI is InChI=1S/C11H15NO3/c1-2-9-8(5-6-15-12)3-4-10-11(9)14-7-13-10/h3-4H,2,5-7,12H2,1H3. The zero-order valence-corrected chi connectivity index (χ0v) is 8.79. The highest BCUT2D eigenvalue weighted by molar-refractivity contribution is 5.52. The van der Waals surface area contributed by atoms with Crippen LogP contribution in [0.2, 0.25) is 0 Å². The maximum absolute atomic E-state index is 5.45. The molecule has 0 amide bonds. The number of rotatable bonds is 4. The van der Waals surface area contributed by atoms with Crippen LogP contribution in [-0.4, -0.2) is 13.4 Å². The molecule has 0 bridgehead atoms. The van der Waals surface area contributed by atoms with E-state index in [-0.39, 0.29) is 0 Å². The number of hydrogen-bond donors (Lipinski definition) is 1. The van der Waals surface area contributed by atoms with E-state index in [4.69, 9.17) is 15.4 Å². The average Bonchev–Trinajstić information content (AvgIpc) is 2.73. The summed E-state index contributed by atoms with van der Waals surface area (Å²) in [7, 11) is 0. The van der Waals surface area contributed by atoms with Crippen LogP contribution in [0.15, 0.2) is 12.1 Å². The lowest BCUT2D eigenvalue weighted by molar-refractivity contribution is 0.141. The summed E-state index contributed by atoms with van der Waals surface area (Å²) in [5.74, 6) is 6.74. The van der Waals surface area contributed by atoms with E-state index in [0.717, 1.165) is 24.3 Å². The summed E-state index contributed by atoms with van der Waals surface area (Å²) in [6.45, 7) is 2.94.